The van der Waals surface area contributed by atoms with Gasteiger partial charge in [0.2, 0.25) is 0 Å². The number of halogens is 1. The van der Waals surface area contributed by atoms with Crippen molar-refractivity contribution in [2.24, 2.45) is 5.73 Å². The molecule has 0 aliphatic rings. The molecule has 0 saturated heterocycles. The first-order chi connectivity index (χ1) is 7.54. The summed E-state index contributed by atoms with van der Waals surface area (Å²) >= 11 is 5.97. The number of hydrogen-bond acceptors (Lipinski definition) is 4. The van der Waals surface area contributed by atoms with Crippen LogP contribution >= 0.6 is 11.6 Å². The van der Waals surface area contributed by atoms with E-state index in [1.54, 1.807) is 12.1 Å². The van der Waals surface area contributed by atoms with Gasteiger partial charge in [-0.25, -0.2) is 4.79 Å². The van der Waals surface area contributed by atoms with Crippen molar-refractivity contribution < 1.29 is 14.3 Å². The predicted octanol–water partition coefficient (Wildman–Crippen LogP) is 1.91. The minimum atomic E-state index is -0.452. The average Bonchev–Trinajstić information content (AvgIpc) is 2.26. The summed E-state index contributed by atoms with van der Waals surface area (Å²) in [6.45, 7) is 1.70. The Bertz CT molecular complexity index is 379. The van der Waals surface area contributed by atoms with Gasteiger partial charge in [-0.3, -0.25) is 0 Å². The molecule has 2 N–H and O–H groups in total. The highest BCUT2D eigenvalue weighted by molar-refractivity contribution is 6.32. The quantitative estimate of drug-likeness (QED) is 0.821. The first-order valence-corrected chi connectivity index (χ1v) is 5.17. The molecule has 1 aromatic rings. The average molecular weight is 244 g/mol. The molecule has 0 radical (unpaired) electrons. The van der Waals surface area contributed by atoms with Crippen LogP contribution in [0.2, 0.25) is 5.02 Å². The van der Waals surface area contributed by atoms with Gasteiger partial charge in [-0.15, -0.1) is 0 Å². The Labute approximate surface area is 99.3 Å². The van der Waals surface area contributed by atoms with Crippen LogP contribution in [0.25, 0.3) is 0 Å². The topological polar surface area (TPSA) is 61.5 Å². The van der Waals surface area contributed by atoms with Crippen LogP contribution in [0.4, 0.5) is 0 Å². The van der Waals surface area contributed by atoms with Gasteiger partial charge in [-0.2, -0.15) is 0 Å². The van der Waals surface area contributed by atoms with Gasteiger partial charge in [0.05, 0.1) is 12.1 Å². The van der Waals surface area contributed by atoms with E-state index in [1.807, 2.05) is 13.0 Å². The lowest BCUT2D eigenvalue weighted by Crippen LogP contribution is -2.13. The van der Waals surface area contributed by atoms with Gasteiger partial charge in [-0.1, -0.05) is 17.7 Å². The molecule has 0 bridgehead atoms. The van der Waals surface area contributed by atoms with Crippen LogP contribution in [0.15, 0.2) is 18.2 Å². The summed E-state index contributed by atoms with van der Waals surface area (Å²) < 4.78 is 9.62. The molecule has 1 rings (SSSR count). The smallest absolute Gasteiger partial charge is 0.343 e. The van der Waals surface area contributed by atoms with Crippen LogP contribution in [-0.2, 0) is 9.53 Å². The molecular weight excluding hydrogens is 230 g/mol. The summed E-state index contributed by atoms with van der Waals surface area (Å²) in [6, 6.07) is 5.12. The molecule has 5 heteroatoms. The summed E-state index contributed by atoms with van der Waals surface area (Å²) in [5.74, 6) is -0.0104. The van der Waals surface area contributed by atoms with Crippen LogP contribution < -0.4 is 10.5 Å². The Kier molecular flexibility index (Phi) is 4.58. The van der Waals surface area contributed by atoms with Crippen molar-refractivity contribution >= 4 is 17.6 Å². The zero-order valence-corrected chi connectivity index (χ0v) is 9.95. The van der Waals surface area contributed by atoms with E-state index in [0.29, 0.717) is 10.8 Å². The minimum Gasteiger partial charge on any atom is -0.480 e. The number of methoxy groups -OCH3 is 1. The van der Waals surface area contributed by atoms with Crippen molar-refractivity contribution in [3.63, 3.8) is 0 Å². The lowest BCUT2D eigenvalue weighted by Gasteiger charge is -2.10. The fourth-order valence-corrected chi connectivity index (χ4v) is 1.36. The molecule has 0 amide bonds. The second-order valence-corrected chi connectivity index (χ2v) is 3.75. The zero-order valence-electron chi connectivity index (χ0n) is 9.20. The third-order valence-electron chi connectivity index (χ3n) is 2.05. The molecule has 0 heterocycles. The maximum absolute atomic E-state index is 10.9. The van der Waals surface area contributed by atoms with Gasteiger partial charge in [0.15, 0.2) is 6.61 Å². The largest absolute Gasteiger partial charge is 0.480 e. The number of carbonyl (C=O) groups is 1. The lowest BCUT2D eigenvalue weighted by atomic mass is 10.1. The molecule has 0 aliphatic carbocycles. The third kappa shape index (κ3) is 3.40. The van der Waals surface area contributed by atoms with Crippen molar-refractivity contribution in [3.8, 4) is 5.75 Å². The van der Waals surface area contributed by atoms with Crippen molar-refractivity contribution in [3.05, 3.63) is 28.8 Å². The van der Waals surface area contributed by atoms with E-state index in [2.05, 4.69) is 4.74 Å². The van der Waals surface area contributed by atoms with Gasteiger partial charge in [0.1, 0.15) is 5.75 Å². The molecule has 88 valence electrons. The molecule has 0 aromatic heterocycles. The van der Waals surface area contributed by atoms with Crippen LogP contribution in [0, 0.1) is 0 Å². The maximum Gasteiger partial charge on any atom is 0.343 e. The van der Waals surface area contributed by atoms with Crippen molar-refractivity contribution in [2.45, 2.75) is 13.0 Å². The Morgan fingerprint density at radius 1 is 1.56 bits per heavy atom. The standard InChI is InChI=1S/C11H14ClNO3/c1-7(13)8-3-4-10(9(12)5-8)16-6-11(14)15-2/h3-5,7H,6,13H2,1-2H3/t7-/m0/s1. The van der Waals surface area contributed by atoms with E-state index in [0.717, 1.165) is 5.56 Å². The Morgan fingerprint density at radius 3 is 2.75 bits per heavy atom. The van der Waals surface area contributed by atoms with Crippen molar-refractivity contribution in [1.82, 2.24) is 0 Å². The monoisotopic (exact) mass is 243 g/mol. The Morgan fingerprint density at radius 2 is 2.25 bits per heavy atom. The van der Waals surface area contributed by atoms with Gasteiger partial charge in [0, 0.05) is 6.04 Å². The molecule has 0 saturated carbocycles. The highest BCUT2D eigenvalue weighted by Gasteiger charge is 2.08. The maximum atomic E-state index is 10.9. The predicted molar refractivity (Wildman–Crippen MR) is 61.6 cm³/mol. The number of nitrogens with two attached hydrogens (primary N) is 1. The first-order valence-electron chi connectivity index (χ1n) is 4.79. The number of benzene rings is 1. The summed E-state index contributed by atoms with van der Waals surface area (Å²) in [5, 5.41) is 0.429. The lowest BCUT2D eigenvalue weighted by molar-refractivity contribution is -0.142. The van der Waals surface area contributed by atoms with E-state index in [1.165, 1.54) is 7.11 Å². The second kappa shape index (κ2) is 5.72. The zero-order chi connectivity index (χ0) is 12.1. The Balaban J connectivity index is 2.72. The molecule has 1 aromatic carbocycles. The number of ether oxygens (including phenoxy) is 2. The van der Waals surface area contributed by atoms with Crippen LogP contribution in [0.1, 0.15) is 18.5 Å². The number of rotatable bonds is 4. The van der Waals surface area contributed by atoms with E-state index in [-0.39, 0.29) is 12.6 Å². The van der Waals surface area contributed by atoms with Gasteiger partial charge < -0.3 is 15.2 Å². The molecule has 0 aliphatic heterocycles. The van der Waals surface area contributed by atoms with Crippen molar-refractivity contribution in [2.75, 3.05) is 13.7 Å². The summed E-state index contributed by atoms with van der Waals surface area (Å²) in [7, 11) is 1.30. The normalized spacial score (nSPS) is 12.0. The van der Waals surface area contributed by atoms with Crippen LogP contribution in [0.5, 0.6) is 5.75 Å². The van der Waals surface area contributed by atoms with Crippen LogP contribution in [0.3, 0.4) is 0 Å². The highest BCUT2D eigenvalue weighted by Crippen LogP contribution is 2.27. The van der Waals surface area contributed by atoms with E-state index < -0.39 is 5.97 Å². The van der Waals surface area contributed by atoms with Gasteiger partial charge >= 0.3 is 5.97 Å². The van der Waals surface area contributed by atoms with Gasteiger partial charge in [-0.05, 0) is 24.6 Å². The van der Waals surface area contributed by atoms with E-state index >= 15 is 0 Å². The Hall–Kier alpha value is -1.26. The summed E-state index contributed by atoms with van der Waals surface area (Å²) in [5.41, 5.74) is 6.62. The summed E-state index contributed by atoms with van der Waals surface area (Å²) in [4.78, 5) is 10.9. The number of esters is 1. The van der Waals surface area contributed by atoms with E-state index in [9.17, 15) is 4.79 Å². The molecule has 0 unspecified atom stereocenters. The van der Waals surface area contributed by atoms with Crippen molar-refractivity contribution in [1.29, 1.82) is 0 Å². The molecule has 4 nitrogen and oxygen atoms in total. The first kappa shape index (κ1) is 12.8. The second-order valence-electron chi connectivity index (χ2n) is 3.34. The molecular formula is C11H14ClNO3. The van der Waals surface area contributed by atoms with E-state index in [4.69, 9.17) is 22.1 Å². The SMILES string of the molecule is COC(=O)COc1ccc([C@H](C)N)cc1Cl. The summed E-state index contributed by atoms with van der Waals surface area (Å²) in [6.07, 6.45) is 0. The minimum absolute atomic E-state index is 0.0906. The third-order valence-corrected chi connectivity index (χ3v) is 2.35. The fourth-order valence-electron chi connectivity index (χ4n) is 1.11. The fraction of sp³-hybridized carbons (Fsp3) is 0.364. The highest BCUT2D eigenvalue weighted by atomic mass is 35.5. The van der Waals surface area contributed by atoms with Gasteiger partial charge in [0.25, 0.3) is 0 Å². The number of carbonyl (C=O) groups excluding carboxylic acids is 1. The molecule has 1 atom stereocenters. The number of hydrogen-bond donors (Lipinski definition) is 1. The molecule has 0 spiro atoms. The van der Waals surface area contributed by atoms with Crippen LogP contribution in [-0.4, -0.2) is 19.7 Å². The molecule has 0 fully saturated rings. The molecule has 16 heavy (non-hydrogen) atoms.